The Labute approximate surface area is 96.3 Å². The summed E-state index contributed by atoms with van der Waals surface area (Å²) < 4.78 is 10.2. The second-order valence-corrected chi connectivity index (χ2v) is 4.02. The van der Waals surface area contributed by atoms with Crippen molar-refractivity contribution in [1.29, 1.82) is 0 Å². The Morgan fingerprint density at radius 2 is 2.06 bits per heavy atom. The number of carbonyl (C=O) groups is 1. The molecule has 0 aromatic carbocycles. The van der Waals surface area contributed by atoms with E-state index in [4.69, 9.17) is 14.6 Å². The summed E-state index contributed by atoms with van der Waals surface area (Å²) in [7, 11) is 1.65. The molecule has 0 radical (unpaired) electrons. The summed E-state index contributed by atoms with van der Waals surface area (Å²) in [6.07, 6.45) is 2.60. The third-order valence-corrected chi connectivity index (χ3v) is 2.63. The maximum atomic E-state index is 10.5. The molecule has 1 saturated carbocycles. The molecule has 0 bridgehead atoms. The standard InChI is InChI=1S/C11H21NO4/c1-15-8-9-16-7-6-12(10-2-3-10)5-4-11(13)14/h10H,2-9H2,1H3,(H,13,14). The van der Waals surface area contributed by atoms with E-state index >= 15 is 0 Å². The highest BCUT2D eigenvalue weighted by Crippen LogP contribution is 2.26. The van der Waals surface area contributed by atoms with Crippen LogP contribution in [0.4, 0.5) is 0 Å². The minimum absolute atomic E-state index is 0.217. The number of aliphatic carboxylic acids is 1. The van der Waals surface area contributed by atoms with Gasteiger partial charge in [-0.3, -0.25) is 9.69 Å². The fourth-order valence-corrected chi connectivity index (χ4v) is 1.58. The Bertz CT molecular complexity index is 206. The van der Waals surface area contributed by atoms with Gasteiger partial charge >= 0.3 is 5.97 Å². The molecular formula is C11H21NO4. The normalized spacial score (nSPS) is 15.6. The number of carboxylic acid groups (broad SMARTS) is 1. The Morgan fingerprint density at radius 3 is 2.62 bits per heavy atom. The summed E-state index contributed by atoms with van der Waals surface area (Å²) in [6.45, 7) is 3.32. The van der Waals surface area contributed by atoms with Crippen LogP contribution in [-0.4, -0.2) is 62.0 Å². The van der Waals surface area contributed by atoms with Gasteiger partial charge in [0.15, 0.2) is 0 Å². The molecule has 94 valence electrons. The van der Waals surface area contributed by atoms with Crippen LogP contribution in [0.1, 0.15) is 19.3 Å². The zero-order valence-corrected chi connectivity index (χ0v) is 9.85. The summed E-state index contributed by atoms with van der Waals surface area (Å²) in [6, 6.07) is 0.588. The molecule has 0 aromatic rings. The van der Waals surface area contributed by atoms with E-state index in [0.717, 1.165) is 6.54 Å². The molecule has 0 heterocycles. The molecule has 0 unspecified atom stereocenters. The van der Waals surface area contributed by atoms with E-state index in [0.29, 0.717) is 32.4 Å². The maximum Gasteiger partial charge on any atom is 0.304 e. The van der Waals surface area contributed by atoms with Gasteiger partial charge in [0.25, 0.3) is 0 Å². The van der Waals surface area contributed by atoms with E-state index in [1.807, 2.05) is 0 Å². The van der Waals surface area contributed by atoms with Crippen molar-refractivity contribution >= 4 is 5.97 Å². The summed E-state index contributed by atoms with van der Waals surface area (Å²) in [5.74, 6) is -0.731. The minimum atomic E-state index is -0.731. The summed E-state index contributed by atoms with van der Waals surface area (Å²) in [4.78, 5) is 12.7. The number of rotatable bonds is 10. The third kappa shape index (κ3) is 6.05. The molecule has 1 rings (SSSR count). The molecule has 16 heavy (non-hydrogen) atoms. The molecule has 5 nitrogen and oxygen atoms in total. The fourth-order valence-electron chi connectivity index (χ4n) is 1.58. The van der Waals surface area contributed by atoms with Crippen LogP contribution in [0.2, 0.25) is 0 Å². The van der Waals surface area contributed by atoms with Gasteiger partial charge in [0, 0.05) is 26.2 Å². The van der Waals surface area contributed by atoms with Gasteiger partial charge in [-0.1, -0.05) is 0 Å². The third-order valence-electron chi connectivity index (χ3n) is 2.63. The van der Waals surface area contributed by atoms with Gasteiger partial charge in [0.2, 0.25) is 0 Å². The number of ether oxygens (including phenoxy) is 2. The average Bonchev–Trinajstić information content (AvgIpc) is 3.05. The Hall–Kier alpha value is -0.650. The lowest BCUT2D eigenvalue weighted by molar-refractivity contribution is -0.137. The number of methoxy groups -OCH3 is 1. The molecule has 0 spiro atoms. The summed E-state index contributed by atoms with van der Waals surface area (Å²) in [5.41, 5.74) is 0. The average molecular weight is 231 g/mol. The van der Waals surface area contributed by atoms with Crippen LogP contribution in [0.3, 0.4) is 0 Å². The molecule has 1 fully saturated rings. The second-order valence-electron chi connectivity index (χ2n) is 4.02. The quantitative estimate of drug-likeness (QED) is 0.558. The topological polar surface area (TPSA) is 59.0 Å². The fraction of sp³-hybridized carbons (Fsp3) is 0.909. The van der Waals surface area contributed by atoms with Crippen molar-refractivity contribution in [1.82, 2.24) is 4.90 Å². The van der Waals surface area contributed by atoms with Crippen molar-refractivity contribution in [3.8, 4) is 0 Å². The lowest BCUT2D eigenvalue weighted by atomic mass is 10.3. The van der Waals surface area contributed by atoms with E-state index < -0.39 is 5.97 Å². The van der Waals surface area contributed by atoms with Crippen molar-refractivity contribution in [3.05, 3.63) is 0 Å². The smallest absolute Gasteiger partial charge is 0.304 e. The van der Waals surface area contributed by atoms with E-state index in [-0.39, 0.29) is 6.42 Å². The van der Waals surface area contributed by atoms with Crippen LogP contribution in [0.15, 0.2) is 0 Å². The van der Waals surface area contributed by atoms with Crippen LogP contribution < -0.4 is 0 Å². The molecule has 0 atom stereocenters. The predicted molar refractivity (Wildman–Crippen MR) is 59.5 cm³/mol. The van der Waals surface area contributed by atoms with Gasteiger partial charge in [-0.05, 0) is 12.8 Å². The number of hydrogen-bond donors (Lipinski definition) is 1. The van der Waals surface area contributed by atoms with Crippen molar-refractivity contribution in [2.45, 2.75) is 25.3 Å². The zero-order valence-electron chi connectivity index (χ0n) is 9.85. The van der Waals surface area contributed by atoms with Crippen molar-refractivity contribution in [2.75, 3.05) is 40.0 Å². The Balaban J connectivity index is 2.06. The largest absolute Gasteiger partial charge is 0.481 e. The van der Waals surface area contributed by atoms with E-state index in [9.17, 15) is 4.79 Å². The van der Waals surface area contributed by atoms with Gasteiger partial charge < -0.3 is 14.6 Å². The molecule has 0 saturated heterocycles. The van der Waals surface area contributed by atoms with Gasteiger partial charge in [0.05, 0.1) is 26.2 Å². The highest BCUT2D eigenvalue weighted by Gasteiger charge is 2.28. The van der Waals surface area contributed by atoms with Gasteiger partial charge in [-0.25, -0.2) is 0 Å². The van der Waals surface area contributed by atoms with Crippen LogP contribution in [0.5, 0.6) is 0 Å². The Kier molecular flexibility index (Phi) is 6.37. The predicted octanol–water partition coefficient (Wildman–Crippen LogP) is 0.589. The maximum absolute atomic E-state index is 10.5. The van der Waals surface area contributed by atoms with Crippen molar-refractivity contribution in [3.63, 3.8) is 0 Å². The first-order valence-corrected chi connectivity index (χ1v) is 5.76. The molecule has 1 aliphatic carbocycles. The molecule has 0 aliphatic heterocycles. The van der Waals surface area contributed by atoms with Crippen LogP contribution in [-0.2, 0) is 14.3 Å². The van der Waals surface area contributed by atoms with Gasteiger partial charge in [0.1, 0.15) is 0 Å². The molecule has 0 aromatic heterocycles. The van der Waals surface area contributed by atoms with Gasteiger partial charge in [-0.15, -0.1) is 0 Å². The van der Waals surface area contributed by atoms with E-state index in [1.54, 1.807) is 7.11 Å². The molecular weight excluding hydrogens is 210 g/mol. The lowest BCUT2D eigenvalue weighted by Gasteiger charge is -2.20. The Morgan fingerprint density at radius 1 is 1.31 bits per heavy atom. The highest BCUT2D eigenvalue weighted by atomic mass is 16.5. The van der Waals surface area contributed by atoms with Crippen LogP contribution in [0.25, 0.3) is 0 Å². The first kappa shape index (κ1) is 13.4. The first-order chi connectivity index (χ1) is 7.74. The minimum Gasteiger partial charge on any atom is -0.481 e. The number of hydrogen-bond acceptors (Lipinski definition) is 4. The first-order valence-electron chi connectivity index (χ1n) is 5.76. The van der Waals surface area contributed by atoms with Crippen molar-refractivity contribution in [2.24, 2.45) is 0 Å². The molecule has 0 amide bonds. The second kappa shape index (κ2) is 7.60. The summed E-state index contributed by atoms with van der Waals surface area (Å²) in [5, 5.41) is 8.63. The van der Waals surface area contributed by atoms with Crippen LogP contribution in [0, 0.1) is 0 Å². The van der Waals surface area contributed by atoms with E-state index in [2.05, 4.69) is 4.90 Å². The SMILES string of the molecule is COCCOCCN(CCC(=O)O)C1CC1. The van der Waals surface area contributed by atoms with Gasteiger partial charge in [-0.2, -0.15) is 0 Å². The monoisotopic (exact) mass is 231 g/mol. The van der Waals surface area contributed by atoms with E-state index in [1.165, 1.54) is 12.8 Å². The number of carboxylic acids is 1. The summed E-state index contributed by atoms with van der Waals surface area (Å²) >= 11 is 0. The lowest BCUT2D eigenvalue weighted by Crippen LogP contribution is -2.32. The van der Waals surface area contributed by atoms with Crippen molar-refractivity contribution < 1.29 is 19.4 Å². The van der Waals surface area contributed by atoms with Crippen LogP contribution >= 0.6 is 0 Å². The molecule has 5 heteroatoms. The molecule has 1 aliphatic rings. The molecule has 1 N–H and O–H groups in total. The number of nitrogens with zero attached hydrogens (tertiary/aromatic N) is 1. The highest BCUT2D eigenvalue weighted by molar-refractivity contribution is 5.66. The zero-order chi connectivity index (χ0) is 11.8.